The van der Waals surface area contributed by atoms with Crippen LogP contribution >= 0.6 is 34.5 Å². The lowest BCUT2D eigenvalue weighted by atomic mass is 10.0. The van der Waals surface area contributed by atoms with E-state index in [2.05, 4.69) is 17.0 Å². The fourth-order valence-corrected chi connectivity index (χ4v) is 8.01. The van der Waals surface area contributed by atoms with Crippen molar-refractivity contribution in [3.8, 4) is 11.3 Å². The van der Waals surface area contributed by atoms with Gasteiger partial charge >= 0.3 is 5.97 Å². The summed E-state index contributed by atoms with van der Waals surface area (Å²) in [5.74, 6) is 1.40. The maximum atomic E-state index is 12.2. The van der Waals surface area contributed by atoms with E-state index in [1.807, 2.05) is 30.3 Å². The molecule has 2 aromatic carbocycles. The fraction of sp³-hybridized carbons (Fsp3) is 0.433. The third-order valence-corrected chi connectivity index (χ3v) is 10.2. The number of piperidine rings is 1. The number of esters is 1. The highest BCUT2D eigenvalue weighted by Gasteiger charge is 2.46. The zero-order valence-corrected chi connectivity index (χ0v) is 24.6. The number of rotatable bonds is 8. The van der Waals surface area contributed by atoms with Crippen molar-refractivity contribution in [3.05, 3.63) is 62.8 Å². The number of fused-ring (bicyclic) bond motifs is 3. The van der Waals surface area contributed by atoms with Crippen LogP contribution in [0.15, 0.2) is 34.9 Å². The largest absolute Gasteiger partial charge is 0.465 e. The Labute approximate surface area is 246 Å². The standard InChI is InChI=1S/C30H29Cl2N3O4S/c1-3-15-9-17(29(36)37-2)11-24-26(15)33-30(40-24)35-13-18-10-19(35)12-23(18)38-14-20-27(34-39-28(20)16-7-8-16)25-21(31)5-4-6-22(25)32/h4-6,9,11,16,18-19,23H,3,7-8,10,12-14H2,1-2H3/t18-,19-,23+/m0/s1. The first kappa shape index (κ1) is 26.3. The Balaban J connectivity index is 1.09. The number of ether oxygens (including phenoxy) is 2. The molecule has 3 aliphatic rings. The first-order valence-corrected chi connectivity index (χ1v) is 15.3. The first-order chi connectivity index (χ1) is 19.4. The van der Waals surface area contributed by atoms with Crippen LogP contribution in [0.2, 0.25) is 10.0 Å². The summed E-state index contributed by atoms with van der Waals surface area (Å²) >= 11 is 14.7. The molecule has 1 aliphatic heterocycles. The van der Waals surface area contributed by atoms with E-state index in [0.717, 1.165) is 70.9 Å². The third-order valence-electron chi connectivity index (χ3n) is 8.50. The minimum Gasteiger partial charge on any atom is -0.465 e. The van der Waals surface area contributed by atoms with Gasteiger partial charge in [0.15, 0.2) is 5.13 Å². The van der Waals surface area contributed by atoms with Gasteiger partial charge < -0.3 is 18.9 Å². The lowest BCUT2D eigenvalue weighted by Gasteiger charge is -2.31. The van der Waals surface area contributed by atoms with E-state index in [0.29, 0.717) is 51.4 Å². The van der Waals surface area contributed by atoms with Gasteiger partial charge in [-0.25, -0.2) is 9.78 Å². The number of carbonyl (C=O) groups is 1. The molecule has 0 N–H and O–H groups in total. The topological polar surface area (TPSA) is 77.7 Å². The molecule has 7 nitrogen and oxygen atoms in total. The molecule has 208 valence electrons. The minimum absolute atomic E-state index is 0.157. The second-order valence-corrected chi connectivity index (χ2v) is 12.8. The number of hydrogen-bond donors (Lipinski definition) is 0. The van der Waals surface area contributed by atoms with Crippen molar-refractivity contribution in [2.24, 2.45) is 5.92 Å². The van der Waals surface area contributed by atoms with Gasteiger partial charge in [0, 0.05) is 35.5 Å². The van der Waals surface area contributed by atoms with Crippen molar-refractivity contribution >= 4 is 55.9 Å². The summed E-state index contributed by atoms with van der Waals surface area (Å²) in [7, 11) is 1.41. The molecule has 0 radical (unpaired) electrons. The highest BCUT2D eigenvalue weighted by Crippen LogP contribution is 2.48. The summed E-state index contributed by atoms with van der Waals surface area (Å²) in [6, 6.07) is 9.67. The Morgan fingerprint density at radius 2 is 2.00 bits per heavy atom. The van der Waals surface area contributed by atoms with E-state index in [4.69, 9.17) is 42.2 Å². The van der Waals surface area contributed by atoms with Gasteiger partial charge in [-0.3, -0.25) is 0 Å². The van der Waals surface area contributed by atoms with E-state index in [9.17, 15) is 4.79 Å². The van der Waals surface area contributed by atoms with Crippen LogP contribution in [0.4, 0.5) is 5.13 Å². The highest BCUT2D eigenvalue weighted by molar-refractivity contribution is 7.22. The molecule has 1 saturated heterocycles. The Hall–Kier alpha value is -2.65. The zero-order chi connectivity index (χ0) is 27.5. The van der Waals surface area contributed by atoms with E-state index < -0.39 is 0 Å². The molecule has 2 aromatic heterocycles. The summed E-state index contributed by atoms with van der Waals surface area (Å²) in [6.45, 7) is 3.42. The molecule has 3 heterocycles. The molecule has 40 heavy (non-hydrogen) atoms. The van der Waals surface area contributed by atoms with E-state index in [1.54, 1.807) is 11.3 Å². The Morgan fingerprint density at radius 1 is 1.20 bits per heavy atom. The molecular formula is C30H29Cl2N3O4S. The highest BCUT2D eigenvalue weighted by atomic mass is 35.5. The number of thiazole rings is 1. The van der Waals surface area contributed by atoms with Crippen LogP contribution in [0.5, 0.6) is 0 Å². The van der Waals surface area contributed by atoms with Crippen molar-refractivity contribution in [2.75, 3.05) is 18.6 Å². The summed E-state index contributed by atoms with van der Waals surface area (Å²) < 4.78 is 18.4. The third kappa shape index (κ3) is 4.49. The number of anilines is 1. The summed E-state index contributed by atoms with van der Waals surface area (Å²) in [4.78, 5) is 19.6. The van der Waals surface area contributed by atoms with Crippen LogP contribution in [0.25, 0.3) is 21.5 Å². The molecular weight excluding hydrogens is 569 g/mol. The minimum atomic E-state index is -0.315. The summed E-state index contributed by atoms with van der Waals surface area (Å²) in [5, 5.41) is 6.53. The molecule has 7 rings (SSSR count). The van der Waals surface area contributed by atoms with Gasteiger partial charge in [0.2, 0.25) is 0 Å². The van der Waals surface area contributed by atoms with E-state index in [-0.39, 0.29) is 12.1 Å². The molecule has 0 spiro atoms. The second kappa shape index (κ2) is 10.3. The molecule has 10 heteroatoms. The Morgan fingerprint density at radius 3 is 2.67 bits per heavy atom. The van der Waals surface area contributed by atoms with E-state index >= 15 is 0 Å². The summed E-state index contributed by atoms with van der Waals surface area (Å²) in [5.41, 5.74) is 5.00. The molecule has 3 fully saturated rings. The maximum Gasteiger partial charge on any atom is 0.337 e. The van der Waals surface area contributed by atoms with Crippen LogP contribution < -0.4 is 4.90 Å². The first-order valence-electron chi connectivity index (χ1n) is 13.8. The van der Waals surface area contributed by atoms with Gasteiger partial charge in [0.05, 0.1) is 45.6 Å². The van der Waals surface area contributed by atoms with Crippen molar-refractivity contribution in [1.29, 1.82) is 0 Å². The predicted molar refractivity (Wildman–Crippen MR) is 157 cm³/mol. The van der Waals surface area contributed by atoms with Crippen molar-refractivity contribution < 1.29 is 18.8 Å². The SMILES string of the molecule is CCc1cc(C(=O)OC)cc2sc(N3C[C@@H]4C[C@H]3C[C@H]4OCc3c(-c4c(Cl)cccc4Cl)noc3C3CC3)nc12. The van der Waals surface area contributed by atoms with Crippen LogP contribution in [0.1, 0.15) is 65.8 Å². The van der Waals surface area contributed by atoms with Crippen LogP contribution in [0, 0.1) is 5.92 Å². The van der Waals surface area contributed by atoms with Gasteiger partial charge in [-0.2, -0.15) is 0 Å². The number of hydrogen-bond acceptors (Lipinski definition) is 8. The number of aromatic nitrogens is 2. The number of halogens is 2. The maximum absolute atomic E-state index is 12.2. The smallest absolute Gasteiger partial charge is 0.337 e. The Bertz CT molecular complexity index is 1590. The van der Waals surface area contributed by atoms with Gasteiger partial charge in [-0.15, -0.1) is 0 Å². The van der Waals surface area contributed by atoms with Crippen molar-refractivity contribution in [3.63, 3.8) is 0 Å². The number of aryl methyl sites for hydroxylation is 1. The Kier molecular flexibility index (Phi) is 6.77. The molecule has 2 bridgehead atoms. The van der Waals surface area contributed by atoms with Gasteiger partial charge in [-0.05, 0) is 61.9 Å². The fourth-order valence-electron chi connectivity index (χ4n) is 6.30. The summed E-state index contributed by atoms with van der Waals surface area (Å²) in [6.07, 6.45) is 5.19. The van der Waals surface area contributed by atoms with Crippen LogP contribution in [-0.4, -0.2) is 41.9 Å². The zero-order valence-electron chi connectivity index (χ0n) is 22.3. The molecule has 3 atom stereocenters. The molecule has 0 unspecified atom stereocenters. The lowest BCUT2D eigenvalue weighted by Crippen LogP contribution is -2.38. The predicted octanol–water partition coefficient (Wildman–Crippen LogP) is 7.67. The number of methoxy groups -OCH3 is 1. The molecule has 4 aromatic rings. The number of carbonyl (C=O) groups excluding carboxylic acids is 1. The van der Waals surface area contributed by atoms with Gasteiger partial charge in [0.1, 0.15) is 11.5 Å². The van der Waals surface area contributed by atoms with Crippen molar-refractivity contribution in [2.45, 2.75) is 63.7 Å². The lowest BCUT2D eigenvalue weighted by molar-refractivity contribution is 0.0122. The van der Waals surface area contributed by atoms with Crippen LogP contribution in [-0.2, 0) is 22.5 Å². The molecule has 2 saturated carbocycles. The quantitative estimate of drug-likeness (QED) is 0.193. The number of benzene rings is 2. The second-order valence-electron chi connectivity index (χ2n) is 11.0. The normalized spacial score (nSPS) is 22.0. The number of nitrogens with zero attached hydrogens (tertiary/aromatic N) is 3. The molecule has 2 aliphatic carbocycles. The van der Waals surface area contributed by atoms with Gasteiger partial charge in [0.25, 0.3) is 0 Å². The molecule has 0 amide bonds. The van der Waals surface area contributed by atoms with Crippen LogP contribution in [0.3, 0.4) is 0 Å². The van der Waals surface area contributed by atoms with E-state index in [1.165, 1.54) is 7.11 Å². The van der Waals surface area contributed by atoms with Crippen molar-refractivity contribution in [1.82, 2.24) is 10.1 Å². The average Bonchev–Trinajstić information content (AvgIpc) is 3.28. The average molecular weight is 599 g/mol. The van der Waals surface area contributed by atoms with Gasteiger partial charge in [-0.1, -0.05) is 52.7 Å². The monoisotopic (exact) mass is 597 g/mol.